The maximum Gasteiger partial charge on any atom is 0.159 e. The molecule has 2 heterocycles. The first kappa shape index (κ1) is 20.3. The molecule has 0 fully saturated rings. The summed E-state index contributed by atoms with van der Waals surface area (Å²) in [4.78, 5) is 14.8. The summed E-state index contributed by atoms with van der Waals surface area (Å²) in [6, 6.07) is 31.2. The molecule has 4 nitrogen and oxygen atoms in total. The molecule has 5 rings (SSSR count). The second-order valence-corrected chi connectivity index (χ2v) is 8.12. The number of methoxy groups -OCH3 is 1. The molecule has 4 aromatic rings. The highest BCUT2D eigenvalue weighted by atomic mass is 16.5. The number of carbonyl (C=O) groups is 1. The van der Waals surface area contributed by atoms with Crippen molar-refractivity contribution in [2.24, 2.45) is 0 Å². The van der Waals surface area contributed by atoms with Gasteiger partial charge in [0, 0.05) is 36.6 Å². The van der Waals surface area contributed by atoms with Gasteiger partial charge in [0.05, 0.1) is 18.7 Å². The van der Waals surface area contributed by atoms with E-state index in [9.17, 15) is 4.79 Å². The highest BCUT2D eigenvalue weighted by Crippen LogP contribution is 2.39. The van der Waals surface area contributed by atoms with Gasteiger partial charge in [0.15, 0.2) is 5.78 Å². The summed E-state index contributed by atoms with van der Waals surface area (Å²) < 4.78 is 8.05. The van der Waals surface area contributed by atoms with Crippen LogP contribution in [0.15, 0.2) is 103 Å². The summed E-state index contributed by atoms with van der Waals surface area (Å²) in [5.41, 5.74) is 4.50. The highest BCUT2D eigenvalue weighted by Gasteiger charge is 2.31. The summed E-state index contributed by atoms with van der Waals surface area (Å²) >= 11 is 0. The Balaban J connectivity index is 1.72. The Labute approximate surface area is 188 Å². The molecular formula is C28H26N2O2. The number of fused-ring (bicyclic) bond motifs is 1. The zero-order chi connectivity index (χ0) is 21.9. The van der Waals surface area contributed by atoms with E-state index in [1.165, 1.54) is 5.56 Å². The van der Waals surface area contributed by atoms with Gasteiger partial charge < -0.3 is 14.2 Å². The van der Waals surface area contributed by atoms with Gasteiger partial charge >= 0.3 is 0 Å². The fourth-order valence-electron chi connectivity index (χ4n) is 4.69. The fourth-order valence-corrected chi connectivity index (χ4v) is 4.69. The third-order valence-corrected chi connectivity index (χ3v) is 6.15. The van der Waals surface area contributed by atoms with Crippen molar-refractivity contribution in [1.29, 1.82) is 0 Å². The van der Waals surface area contributed by atoms with Crippen molar-refractivity contribution < 1.29 is 9.53 Å². The van der Waals surface area contributed by atoms with Gasteiger partial charge in [-0.2, -0.15) is 0 Å². The lowest BCUT2D eigenvalue weighted by atomic mass is 9.99. The van der Waals surface area contributed by atoms with Crippen molar-refractivity contribution in [2.75, 3.05) is 18.6 Å². The minimum atomic E-state index is -0.106. The Kier molecular flexibility index (Phi) is 5.61. The summed E-state index contributed by atoms with van der Waals surface area (Å²) in [6.45, 7) is 0.539. The Bertz CT molecular complexity index is 1240. The van der Waals surface area contributed by atoms with E-state index >= 15 is 0 Å². The van der Waals surface area contributed by atoms with Crippen molar-refractivity contribution >= 4 is 22.4 Å². The van der Waals surface area contributed by atoms with E-state index in [4.69, 9.17) is 4.74 Å². The van der Waals surface area contributed by atoms with Crippen LogP contribution in [0, 0.1) is 0 Å². The van der Waals surface area contributed by atoms with E-state index in [0.717, 1.165) is 22.3 Å². The number of hydrogen-bond acceptors (Lipinski definition) is 3. The smallest absolute Gasteiger partial charge is 0.159 e. The summed E-state index contributed by atoms with van der Waals surface area (Å²) in [6.07, 6.45) is 4.03. The van der Waals surface area contributed by atoms with Gasteiger partial charge in [0.25, 0.3) is 0 Å². The topological polar surface area (TPSA) is 34.5 Å². The first-order valence-electron chi connectivity index (χ1n) is 10.9. The lowest BCUT2D eigenvalue weighted by molar-refractivity contribution is -0.115. The van der Waals surface area contributed by atoms with Gasteiger partial charge in [0.2, 0.25) is 0 Å². The maximum absolute atomic E-state index is 12.6. The van der Waals surface area contributed by atoms with Gasteiger partial charge in [-0.15, -0.1) is 0 Å². The van der Waals surface area contributed by atoms with Gasteiger partial charge in [-0.05, 0) is 41.3 Å². The predicted molar refractivity (Wildman–Crippen MR) is 129 cm³/mol. The number of nitrogens with zero attached hydrogens (tertiary/aromatic N) is 2. The molecule has 1 aliphatic rings. The van der Waals surface area contributed by atoms with Crippen molar-refractivity contribution in [3.05, 3.63) is 115 Å². The van der Waals surface area contributed by atoms with Crippen LogP contribution in [0.2, 0.25) is 0 Å². The molecule has 2 atom stereocenters. The number of aromatic nitrogens is 1. The van der Waals surface area contributed by atoms with Crippen LogP contribution < -0.4 is 4.90 Å². The Hall–Kier alpha value is -3.63. The van der Waals surface area contributed by atoms with E-state index < -0.39 is 0 Å². The molecular weight excluding hydrogens is 396 g/mol. The Morgan fingerprint density at radius 3 is 2.38 bits per heavy atom. The summed E-state index contributed by atoms with van der Waals surface area (Å²) in [7, 11) is 1.74. The normalized spacial score (nSPS) is 17.1. The quantitative estimate of drug-likeness (QED) is 0.387. The Morgan fingerprint density at radius 1 is 0.938 bits per heavy atom. The van der Waals surface area contributed by atoms with Crippen LogP contribution >= 0.6 is 0 Å². The second-order valence-electron chi connectivity index (χ2n) is 8.12. The number of carbonyl (C=O) groups excluding carboxylic acids is 1. The van der Waals surface area contributed by atoms with E-state index in [2.05, 4.69) is 76.2 Å². The number of ketones is 1. The second kappa shape index (κ2) is 8.85. The number of allylic oxidation sites excluding steroid dienone is 1. The van der Waals surface area contributed by atoms with Crippen molar-refractivity contribution in [1.82, 2.24) is 4.57 Å². The maximum atomic E-state index is 12.6. The molecule has 0 unspecified atom stereocenters. The molecule has 0 amide bonds. The lowest BCUT2D eigenvalue weighted by Gasteiger charge is -2.35. The number of hydrogen-bond donors (Lipinski definition) is 0. The van der Waals surface area contributed by atoms with Crippen LogP contribution in [0.3, 0.4) is 0 Å². The minimum Gasteiger partial charge on any atom is -0.382 e. The van der Waals surface area contributed by atoms with Gasteiger partial charge in [0.1, 0.15) is 0 Å². The molecule has 4 heteroatoms. The molecule has 32 heavy (non-hydrogen) atoms. The standard InChI is InChI=1S/C28H26N2O2/c1-32-20-28(21-10-4-2-5-11-21)30-25-15-9-8-12-22(25)18-27(30)26-19-24(31)16-17-29(26)23-13-6-3-7-14-23/h2-18,26,28H,19-20H2,1H3/t26-,28+/m0/s1. The average Bonchev–Trinajstić information content (AvgIpc) is 3.23. The van der Waals surface area contributed by atoms with Crippen LogP contribution in [0.1, 0.15) is 29.8 Å². The summed E-state index contributed by atoms with van der Waals surface area (Å²) in [5.74, 6) is 0.141. The van der Waals surface area contributed by atoms with E-state index in [-0.39, 0.29) is 17.9 Å². The molecule has 0 saturated heterocycles. The molecule has 1 aliphatic heterocycles. The molecule has 160 valence electrons. The first-order chi connectivity index (χ1) is 15.8. The third kappa shape index (κ3) is 3.74. The van der Waals surface area contributed by atoms with Crippen molar-refractivity contribution in [3.63, 3.8) is 0 Å². The van der Waals surface area contributed by atoms with E-state index in [1.807, 2.05) is 30.5 Å². The Morgan fingerprint density at radius 2 is 1.62 bits per heavy atom. The number of rotatable bonds is 6. The molecule has 0 aliphatic carbocycles. The van der Waals surface area contributed by atoms with E-state index in [1.54, 1.807) is 13.2 Å². The highest BCUT2D eigenvalue weighted by molar-refractivity contribution is 5.93. The summed E-state index contributed by atoms with van der Waals surface area (Å²) in [5, 5.41) is 1.16. The molecule has 3 aromatic carbocycles. The largest absolute Gasteiger partial charge is 0.382 e. The van der Waals surface area contributed by atoms with Gasteiger partial charge in [-0.1, -0.05) is 66.7 Å². The number of ether oxygens (including phenoxy) is 1. The molecule has 0 spiro atoms. The third-order valence-electron chi connectivity index (χ3n) is 6.15. The average molecular weight is 423 g/mol. The van der Waals surface area contributed by atoms with Crippen LogP contribution in [-0.2, 0) is 9.53 Å². The van der Waals surface area contributed by atoms with E-state index in [0.29, 0.717) is 13.0 Å². The van der Waals surface area contributed by atoms with Crippen LogP contribution in [0.5, 0.6) is 0 Å². The van der Waals surface area contributed by atoms with Crippen LogP contribution in [0.4, 0.5) is 5.69 Å². The molecule has 0 saturated carbocycles. The molecule has 0 N–H and O–H groups in total. The SMILES string of the molecule is COC[C@H](c1ccccc1)n1c([C@@H]2CC(=O)C=CN2c2ccccc2)cc2ccccc21. The van der Waals surface area contributed by atoms with Crippen LogP contribution in [-0.4, -0.2) is 24.1 Å². The number of para-hydroxylation sites is 2. The van der Waals surface area contributed by atoms with Crippen molar-refractivity contribution in [2.45, 2.75) is 18.5 Å². The van der Waals surface area contributed by atoms with Gasteiger partial charge in [-0.25, -0.2) is 0 Å². The molecule has 1 aromatic heterocycles. The number of anilines is 1. The monoisotopic (exact) mass is 422 g/mol. The first-order valence-corrected chi connectivity index (χ1v) is 10.9. The zero-order valence-corrected chi connectivity index (χ0v) is 18.1. The van der Waals surface area contributed by atoms with Crippen LogP contribution in [0.25, 0.3) is 10.9 Å². The van der Waals surface area contributed by atoms with Gasteiger partial charge in [-0.3, -0.25) is 4.79 Å². The predicted octanol–water partition coefficient (Wildman–Crippen LogP) is 5.91. The zero-order valence-electron chi connectivity index (χ0n) is 18.1. The lowest BCUT2D eigenvalue weighted by Crippen LogP contribution is -2.32. The van der Waals surface area contributed by atoms with Crippen molar-refractivity contribution in [3.8, 4) is 0 Å². The minimum absolute atomic E-state index is 0.00488. The molecule has 0 bridgehead atoms. The molecule has 0 radical (unpaired) electrons. The fraction of sp³-hybridized carbons (Fsp3) is 0.179. The number of benzene rings is 3.